The van der Waals surface area contributed by atoms with Gasteiger partial charge in [0.15, 0.2) is 17.5 Å². The second kappa shape index (κ2) is 5.83. The first kappa shape index (κ1) is 15.0. The van der Waals surface area contributed by atoms with Crippen LogP contribution in [-0.2, 0) is 6.67 Å². The maximum absolute atomic E-state index is 5.55. The van der Waals surface area contributed by atoms with E-state index in [4.69, 9.17) is 4.42 Å². The average Bonchev–Trinajstić information content (AvgIpc) is 3.13. The molecule has 3 heterocycles. The van der Waals surface area contributed by atoms with Crippen LogP contribution in [0.1, 0.15) is 17.4 Å². The Hall–Kier alpha value is -2.54. The fourth-order valence-corrected chi connectivity index (χ4v) is 3.16. The molecule has 0 amide bonds. The van der Waals surface area contributed by atoms with E-state index in [2.05, 4.69) is 36.0 Å². The van der Waals surface area contributed by atoms with Crippen molar-refractivity contribution in [3.8, 4) is 11.3 Å². The topological polar surface area (TPSA) is 59.1 Å². The Bertz CT molecular complexity index is 909. The number of imidazole rings is 1. The van der Waals surface area contributed by atoms with Crippen LogP contribution in [0.5, 0.6) is 0 Å². The van der Waals surface area contributed by atoms with Crippen molar-refractivity contribution < 1.29 is 4.42 Å². The zero-order chi connectivity index (χ0) is 16.7. The molecule has 0 fully saturated rings. The molecule has 0 saturated heterocycles. The molecule has 0 radical (unpaired) electrons. The standard InChI is InChI=1S/C17H16BrN5O/c1-11-8-22-10-23(18)9-15(17(22)20-11)21-14-5-3-13(4-6-14)16-7-19-12(2)24-16/h3-9,21H,10H2,1-2H3. The highest BCUT2D eigenvalue weighted by atomic mass is 79.9. The highest BCUT2D eigenvalue weighted by Gasteiger charge is 2.18. The SMILES string of the molecule is Cc1cn2c(n1)C(Nc1ccc(-c3cnc(C)o3)cc1)=CN(Br)C2. The lowest BCUT2D eigenvalue weighted by Gasteiger charge is -2.23. The molecule has 7 heteroatoms. The van der Waals surface area contributed by atoms with Crippen LogP contribution in [0.3, 0.4) is 0 Å². The maximum Gasteiger partial charge on any atom is 0.191 e. The van der Waals surface area contributed by atoms with Gasteiger partial charge in [0.05, 0.1) is 33.7 Å². The summed E-state index contributed by atoms with van der Waals surface area (Å²) in [5.41, 5.74) is 3.92. The van der Waals surface area contributed by atoms with Crippen molar-refractivity contribution in [1.29, 1.82) is 0 Å². The van der Waals surface area contributed by atoms with E-state index >= 15 is 0 Å². The zero-order valence-corrected chi connectivity index (χ0v) is 14.9. The minimum absolute atomic E-state index is 0.666. The Labute approximate surface area is 148 Å². The number of hydrogen-bond acceptors (Lipinski definition) is 5. The second-order valence-electron chi connectivity index (χ2n) is 5.71. The normalized spacial score (nSPS) is 13.6. The summed E-state index contributed by atoms with van der Waals surface area (Å²) in [7, 11) is 0. The molecule has 1 aliphatic heterocycles. The number of benzene rings is 1. The molecular formula is C17H16BrN5O. The summed E-state index contributed by atoms with van der Waals surface area (Å²) >= 11 is 3.51. The molecule has 1 aliphatic rings. The summed E-state index contributed by atoms with van der Waals surface area (Å²) in [6, 6.07) is 8.05. The molecule has 3 aromatic rings. The number of anilines is 1. The van der Waals surface area contributed by atoms with Gasteiger partial charge in [-0.25, -0.2) is 9.97 Å². The van der Waals surface area contributed by atoms with Gasteiger partial charge in [0.1, 0.15) is 6.67 Å². The number of oxazole rings is 1. The molecule has 0 atom stereocenters. The van der Waals surface area contributed by atoms with Gasteiger partial charge in [0, 0.05) is 30.6 Å². The molecule has 6 nitrogen and oxygen atoms in total. The lowest BCUT2D eigenvalue weighted by molar-refractivity contribution is 0.482. The summed E-state index contributed by atoms with van der Waals surface area (Å²) in [5.74, 6) is 2.37. The third kappa shape index (κ3) is 2.82. The summed E-state index contributed by atoms with van der Waals surface area (Å²) in [6.07, 6.45) is 5.77. The molecule has 0 unspecified atom stereocenters. The van der Waals surface area contributed by atoms with Crippen LogP contribution < -0.4 is 5.32 Å². The summed E-state index contributed by atoms with van der Waals surface area (Å²) in [4.78, 5) is 8.72. The van der Waals surface area contributed by atoms with E-state index in [1.54, 1.807) is 6.20 Å². The first-order chi connectivity index (χ1) is 11.6. The number of aryl methyl sites for hydroxylation is 2. The Kier molecular flexibility index (Phi) is 3.65. The zero-order valence-electron chi connectivity index (χ0n) is 13.3. The molecule has 0 aliphatic carbocycles. The predicted molar refractivity (Wildman–Crippen MR) is 96.0 cm³/mol. The van der Waals surface area contributed by atoms with Crippen LogP contribution in [0.2, 0.25) is 0 Å². The van der Waals surface area contributed by atoms with Crippen LogP contribution in [0.25, 0.3) is 17.0 Å². The van der Waals surface area contributed by atoms with Crippen molar-refractivity contribution in [2.75, 3.05) is 5.32 Å². The summed E-state index contributed by atoms with van der Waals surface area (Å²) < 4.78 is 9.59. The van der Waals surface area contributed by atoms with Gasteiger partial charge < -0.3 is 14.3 Å². The van der Waals surface area contributed by atoms with Crippen molar-refractivity contribution >= 4 is 27.5 Å². The van der Waals surface area contributed by atoms with Gasteiger partial charge in [-0.05, 0) is 31.2 Å². The smallest absolute Gasteiger partial charge is 0.191 e. The van der Waals surface area contributed by atoms with Gasteiger partial charge >= 0.3 is 0 Å². The molecule has 4 rings (SSSR count). The number of hydrogen-bond donors (Lipinski definition) is 1. The molecule has 1 aromatic carbocycles. The number of halogens is 1. The minimum Gasteiger partial charge on any atom is -0.441 e. The largest absolute Gasteiger partial charge is 0.441 e. The quantitative estimate of drug-likeness (QED) is 0.686. The van der Waals surface area contributed by atoms with Gasteiger partial charge in [-0.2, -0.15) is 0 Å². The van der Waals surface area contributed by atoms with E-state index < -0.39 is 0 Å². The van der Waals surface area contributed by atoms with Gasteiger partial charge in [0.25, 0.3) is 0 Å². The van der Waals surface area contributed by atoms with Gasteiger partial charge in [-0.1, -0.05) is 0 Å². The van der Waals surface area contributed by atoms with E-state index in [1.807, 2.05) is 54.4 Å². The van der Waals surface area contributed by atoms with Crippen LogP contribution in [0.15, 0.2) is 47.3 Å². The van der Waals surface area contributed by atoms with Crippen LogP contribution >= 0.6 is 16.1 Å². The molecule has 122 valence electrons. The van der Waals surface area contributed by atoms with Crippen molar-refractivity contribution in [3.05, 3.63) is 60.3 Å². The molecule has 0 saturated carbocycles. The van der Waals surface area contributed by atoms with E-state index in [0.29, 0.717) is 5.89 Å². The summed E-state index contributed by atoms with van der Waals surface area (Å²) in [5, 5.41) is 3.42. The third-order valence-corrected chi connectivity index (χ3v) is 4.19. The lowest BCUT2D eigenvalue weighted by atomic mass is 10.1. The number of fused-ring (bicyclic) bond motifs is 1. The molecule has 0 bridgehead atoms. The molecule has 24 heavy (non-hydrogen) atoms. The minimum atomic E-state index is 0.666. The predicted octanol–water partition coefficient (Wildman–Crippen LogP) is 4.15. The Morgan fingerprint density at radius 1 is 1.21 bits per heavy atom. The Balaban J connectivity index is 1.59. The van der Waals surface area contributed by atoms with E-state index in [-0.39, 0.29) is 0 Å². The van der Waals surface area contributed by atoms with E-state index in [9.17, 15) is 0 Å². The van der Waals surface area contributed by atoms with Crippen molar-refractivity contribution in [3.63, 3.8) is 0 Å². The highest BCUT2D eigenvalue weighted by molar-refractivity contribution is 9.07. The van der Waals surface area contributed by atoms with Crippen molar-refractivity contribution in [2.45, 2.75) is 20.5 Å². The number of aromatic nitrogens is 3. The average molecular weight is 386 g/mol. The number of nitrogens with zero attached hydrogens (tertiary/aromatic N) is 4. The Morgan fingerprint density at radius 3 is 2.71 bits per heavy atom. The van der Waals surface area contributed by atoms with Crippen molar-refractivity contribution in [1.82, 2.24) is 18.5 Å². The van der Waals surface area contributed by atoms with E-state index in [0.717, 1.165) is 40.9 Å². The van der Waals surface area contributed by atoms with Gasteiger partial charge in [0.2, 0.25) is 0 Å². The third-order valence-electron chi connectivity index (χ3n) is 3.76. The molecule has 1 N–H and O–H groups in total. The number of nitrogens with one attached hydrogen (secondary N) is 1. The fourth-order valence-electron chi connectivity index (χ4n) is 2.71. The van der Waals surface area contributed by atoms with Crippen molar-refractivity contribution in [2.24, 2.45) is 0 Å². The van der Waals surface area contributed by atoms with Gasteiger partial charge in [-0.3, -0.25) is 3.93 Å². The van der Waals surface area contributed by atoms with Gasteiger partial charge in [-0.15, -0.1) is 0 Å². The second-order valence-corrected chi connectivity index (χ2v) is 6.62. The van der Waals surface area contributed by atoms with Crippen LogP contribution in [0, 0.1) is 13.8 Å². The lowest BCUT2D eigenvalue weighted by Crippen LogP contribution is -2.21. The molecule has 0 spiro atoms. The number of rotatable bonds is 3. The Morgan fingerprint density at radius 2 is 2.00 bits per heavy atom. The first-order valence-electron chi connectivity index (χ1n) is 7.57. The molecular weight excluding hydrogens is 370 g/mol. The molecule has 2 aromatic heterocycles. The van der Waals surface area contributed by atoms with Crippen LogP contribution in [0.4, 0.5) is 5.69 Å². The maximum atomic E-state index is 5.55. The summed E-state index contributed by atoms with van der Waals surface area (Å²) in [6.45, 7) is 4.56. The fraction of sp³-hybridized carbons (Fsp3) is 0.176. The van der Waals surface area contributed by atoms with E-state index in [1.165, 1.54) is 0 Å². The first-order valence-corrected chi connectivity index (χ1v) is 8.28. The highest BCUT2D eigenvalue weighted by Crippen LogP contribution is 2.27. The monoisotopic (exact) mass is 385 g/mol. The van der Waals surface area contributed by atoms with Crippen LogP contribution in [-0.4, -0.2) is 18.5 Å².